The highest BCUT2D eigenvalue weighted by Crippen LogP contribution is 2.51. The molecule has 0 amide bonds. The second kappa shape index (κ2) is 6.63. The van der Waals surface area contributed by atoms with Gasteiger partial charge in [-0.2, -0.15) is 0 Å². The van der Waals surface area contributed by atoms with Gasteiger partial charge in [0.1, 0.15) is 29.5 Å². The van der Waals surface area contributed by atoms with E-state index in [0.717, 1.165) is 0 Å². The van der Waals surface area contributed by atoms with Crippen LogP contribution in [0.5, 0.6) is 28.7 Å². The molecule has 5 rings (SSSR count). The summed E-state index contributed by atoms with van der Waals surface area (Å²) < 4.78 is 28.5. The van der Waals surface area contributed by atoms with Crippen molar-refractivity contribution in [2.45, 2.75) is 24.2 Å². The van der Waals surface area contributed by atoms with Crippen LogP contribution in [-0.2, 0) is 5.60 Å². The topological polar surface area (TPSA) is 104 Å². The normalized spacial score (nSPS) is 27.5. The second-order valence-electron chi connectivity index (χ2n) is 7.98. The van der Waals surface area contributed by atoms with Crippen molar-refractivity contribution < 1.29 is 38.7 Å². The molecule has 3 aliphatic rings. The molecule has 3 atom stereocenters. The van der Waals surface area contributed by atoms with Crippen LogP contribution in [0.4, 0.5) is 0 Å². The predicted octanol–water partition coefficient (Wildman–Crippen LogP) is 2.08. The molecular formula is C23H22O8. The van der Waals surface area contributed by atoms with Gasteiger partial charge < -0.3 is 33.9 Å². The molecule has 0 unspecified atom stereocenters. The molecule has 2 N–H and O–H groups in total. The minimum absolute atomic E-state index is 0.0350. The number of ketones is 1. The van der Waals surface area contributed by atoms with Crippen molar-refractivity contribution in [1.82, 2.24) is 0 Å². The Balaban J connectivity index is 1.64. The van der Waals surface area contributed by atoms with Crippen LogP contribution < -0.4 is 23.7 Å². The minimum atomic E-state index is -1.95. The first kappa shape index (κ1) is 19.7. The van der Waals surface area contributed by atoms with E-state index in [9.17, 15) is 15.0 Å². The quantitative estimate of drug-likeness (QED) is 0.769. The Morgan fingerprint density at radius 1 is 1.16 bits per heavy atom. The van der Waals surface area contributed by atoms with Gasteiger partial charge in [-0.05, 0) is 37.3 Å². The molecule has 0 saturated carbocycles. The molecule has 2 aromatic rings. The summed E-state index contributed by atoms with van der Waals surface area (Å²) in [7, 11) is 2.97. The number of Topliss-reactive ketones (excluding diaryl/α,β-unsaturated/α-hetero) is 1. The molecule has 0 bridgehead atoms. The summed E-state index contributed by atoms with van der Waals surface area (Å²) in [6.07, 6.45) is 2.51. The molecule has 8 nitrogen and oxygen atoms in total. The van der Waals surface area contributed by atoms with E-state index >= 15 is 0 Å². The summed E-state index contributed by atoms with van der Waals surface area (Å²) >= 11 is 0. The summed E-state index contributed by atoms with van der Waals surface area (Å²) in [4.78, 5) is 13.6. The van der Waals surface area contributed by atoms with E-state index in [1.165, 1.54) is 14.2 Å². The van der Waals surface area contributed by atoms with Crippen molar-refractivity contribution in [3.05, 3.63) is 47.0 Å². The van der Waals surface area contributed by atoms with Crippen LogP contribution in [0.2, 0.25) is 0 Å². The fourth-order valence-electron chi connectivity index (χ4n) is 4.24. The number of benzene rings is 2. The third-order valence-corrected chi connectivity index (χ3v) is 6.02. The smallest absolute Gasteiger partial charge is 0.206 e. The van der Waals surface area contributed by atoms with Gasteiger partial charge in [0.05, 0.1) is 32.0 Å². The maximum Gasteiger partial charge on any atom is 0.206 e. The third kappa shape index (κ3) is 2.65. The maximum absolute atomic E-state index is 13.6. The zero-order valence-corrected chi connectivity index (χ0v) is 17.3. The molecule has 0 aliphatic carbocycles. The van der Waals surface area contributed by atoms with E-state index in [-0.39, 0.29) is 24.3 Å². The van der Waals surface area contributed by atoms with Crippen molar-refractivity contribution in [2.24, 2.45) is 0 Å². The van der Waals surface area contributed by atoms with E-state index in [1.807, 2.05) is 0 Å². The number of aliphatic hydroxyl groups is 2. The highest BCUT2D eigenvalue weighted by Gasteiger charge is 2.56. The van der Waals surface area contributed by atoms with Gasteiger partial charge >= 0.3 is 0 Å². The number of rotatable bonds is 3. The number of ether oxygens (including phenoxy) is 5. The van der Waals surface area contributed by atoms with E-state index in [2.05, 4.69) is 0 Å². The highest BCUT2D eigenvalue weighted by atomic mass is 16.6. The molecule has 3 heterocycles. The molecule has 8 heteroatoms. The molecule has 0 fully saturated rings. The van der Waals surface area contributed by atoms with E-state index < -0.39 is 23.1 Å². The molecule has 162 valence electrons. The summed E-state index contributed by atoms with van der Waals surface area (Å²) in [5, 5.41) is 21.2. The Kier molecular flexibility index (Phi) is 4.22. The largest absolute Gasteiger partial charge is 0.493 e. The van der Waals surface area contributed by atoms with Gasteiger partial charge in [-0.1, -0.05) is 0 Å². The number of hydrogen-bond donors (Lipinski definition) is 2. The molecule has 0 aromatic heterocycles. The summed E-state index contributed by atoms with van der Waals surface area (Å²) in [5.41, 5.74) is -1.73. The van der Waals surface area contributed by atoms with Crippen LogP contribution in [-0.4, -0.2) is 55.1 Å². The molecule has 0 spiro atoms. The first-order valence-electron chi connectivity index (χ1n) is 9.84. The fourth-order valence-corrected chi connectivity index (χ4v) is 4.24. The number of carbonyl (C=O) groups is 1. The van der Waals surface area contributed by atoms with Gasteiger partial charge in [-0.3, -0.25) is 4.79 Å². The zero-order chi connectivity index (χ0) is 22.0. The van der Waals surface area contributed by atoms with Crippen molar-refractivity contribution in [3.8, 4) is 28.7 Å². The van der Waals surface area contributed by atoms with Crippen LogP contribution >= 0.6 is 0 Å². The Morgan fingerprint density at radius 3 is 2.61 bits per heavy atom. The molecule has 31 heavy (non-hydrogen) atoms. The first-order chi connectivity index (χ1) is 14.8. The molecule has 0 saturated heterocycles. The van der Waals surface area contributed by atoms with E-state index in [1.54, 1.807) is 43.3 Å². The van der Waals surface area contributed by atoms with Crippen LogP contribution in [0, 0.1) is 0 Å². The van der Waals surface area contributed by atoms with Crippen LogP contribution in [0.3, 0.4) is 0 Å². The van der Waals surface area contributed by atoms with Crippen LogP contribution in [0.1, 0.15) is 28.4 Å². The second-order valence-corrected chi connectivity index (χ2v) is 7.98. The minimum Gasteiger partial charge on any atom is -0.493 e. The van der Waals surface area contributed by atoms with Crippen LogP contribution in [0.15, 0.2) is 30.3 Å². The van der Waals surface area contributed by atoms with Gasteiger partial charge in [0.2, 0.25) is 5.78 Å². The van der Waals surface area contributed by atoms with Crippen molar-refractivity contribution in [1.29, 1.82) is 0 Å². The lowest BCUT2D eigenvalue weighted by Crippen LogP contribution is -2.57. The lowest BCUT2D eigenvalue weighted by molar-refractivity contribution is -0.0802. The SMILES string of the molecule is COc1cc2c(cc1OC)[C@]1(O)C(=O)c3ccc4c(c3O[C@@H]1CO2)C=C[C@](C)(CO)O4. The van der Waals surface area contributed by atoms with Crippen molar-refractivity contribution in [3.63, 3.8) is 0 Å². The standard InChI is InChI=1S/C23H22O8/c1-22(11-24)7-6-12-15(31-22)5-4-13-20(12)30-19-10-29-16-9-18(28-3)17(27-2)8-14(16)23(19,26)21(13)25/h4-9,19,24,26H,10-11H2,1-3H3/t19-,22-,23-/m1/s1. The average Bonchev–Trinajstić information content (AvgIpc) is 2.79. The predicted molar refractivity (Wildman–Crippen MR) is 109 cm³/mol. The lowest BCUT2D eigenvalue weighted by Gasteiger charge is -2.44. The molecular weight excluding hydrogens is 404 g/mol. The summed E-state index contributed by atoms with van der Waals surface area (Å²) in [5.74, 6) is 1.43. The van der Waals surface area contributed by atoms with Gasteiger partial charge in [-0.25, -0.2) is 0 Å². The number of carbonyl (C=O) groups excluding carboxylic acids is 1. The zero-order valence-electron chi connectivity index (χ0n) is 17.3. The average molecular weight is 426 g/mol. The first-order valence-corrected chi connectivity index (χ1v) is 9.84. The van der Waals surface area contributed by atoms with E-state index in [4.69, 9.17) is 23.7 Å². The fraction of sp³-hybridized carbons (Fsp3) is 0.348. The Bertz CT molecular complexity index is 1120. The van der Waals surface area contributed by atoms with Crippen molar-refractivity contribution >= 4 is 11.9 Å². The van der Waals surface area contributed by atoms with Crippen molar-refractivity contribution in [2.75, 3.05) is 27.4 Å². The lowest BCUT2D eigenvalue weighted by atomic mass is 9.77. The van der Waals surface area contributed by atoms with Gasteiger partial charge in [0.15, 0.2) is 23.2 Å². The number of aliphatic hydroxyl groups excluding tert-OH is 1. The Labute approximate surface area is 178 Å². The molecule has 0 radical (unpaired) electrons. The summed E-state index contributed by atoms with van der Waals surface area (Å²) in [6.45, 7) is 1.52. The van der Waals surface area contributed by atoms with Gasteiger partial charge in [-0.15, -0.1) is 0 Å². The summed E-state index contributed by atoms with van der Waals surface area (Å²) in [6, 6.07) is 6.34. The molecule has 3 aliphatic heterocycles. The maximum atomic E-state index is 13.6. The Hall–Kier alpha value is -3.23. The van der Waals surface area contributed by atoms with Crippen LogP contribution in [0.25, 0.3) is 6.08 Å². The number of methoxy groups -OCH3 is 2. The third-order valence-electron chi connectivity index (χ3n) is 6.02. The van der Waals surface area contributed by atoms with Gasteiger partial charge in [0, 0.05) is 11.6 Å². The van der Waals surface area contributed by atoms with E-state index in [0.29, 0.717) is 34.3 Å². The Morgan fingerprint density at radius 2 is 1.90 bits per heavy atom. The monoisotopic (exact) mass is 426 g/mol. The number of fused-ring (bicyclic) bond motifs is 6. The highest BCUT2D eigenvalue weighted by molar-refractivity contribution is 6.08. The number of hydrogen-bond acceptors (Lipinski definition) is 8. The van der Waals surface area contributed by atoms with Gasteiger partial charge in [0.25, 0.3) is 0 Å². The molecule has 2 aromatic carbocycles.